The van der Waals surface area contributed by atoms with E-state index in [0.717, 1.165) is 27.4 Å². The van der Waals surface area contributed by atoms with Gasteiger partial charge in [-0.3, -0.25) is 13.9 Å². The van der Waals surface area contributed by atoms with Crippen molar-refractivity contribution in [2.75, 3.05) is 17.4 Å². The zero-order chi connectivity index (χ0) is 28.6. The van der Waals surface area contributed by atoms with Crippen LogP contribution >= 0.6 is 11.6 Å². The summed E-state index contributed by atoms with van der Waals surface area (Å²) in [5, 5.41) is 3.08. The fourth-order valence-electron chi connectivity index (χ4n) is 4.26. The Morgan fingerprint density at radius 1 is 0.923 bits per heavy atom. The van der Waals surface area contributed by atoms with Gasteiger partial charge in [0.1, 0.15) is 12.6 Å². The zero-order valence-electron chi connectivity index (χ0n) is 22.9. The van der Waals surface area contributed by atoms with Crippen LogP contribution in [0.3, 0.4) is 0 Å². The lowest BCUT2D eigenvalue weighted by Crippen LogP contribution is -2.52. The van der Waals surface area contributed by atoms with Crippen LogP contribution in [0.2, 0.25) is 5.02 Å². The number of sulfonamides is 1. The molecule has 3 aromatic carbocycles. The van der Waals surface area contributed by atoms with E-state index in [0.29, 0.717) is 13.0 Å². The molecule has 0 spiro atoms. The van der Waals surface area contributed by atoms with Crippen LogP contribution in [0.1, 0.15) is 43.4 Å². The van der Waals surface area contributed by atoms with Crippen LogP contribution in [-0.4, -0.2) is 44.3 Å². The number of para-hydroxylation sites is 1. The number of halogens is 1. The predicted octanol–water partition coefficient (Wildman–Crippen LogP) is 5.49. The molecule has 0 aliphatic carbocycles. The average molecular weight is 570 g/mol. The van der Waals surface area contributed by atoms with Crippen LogP contribution < -0.4 is 9.62 Å². The number of aryl methyl sites for hydroxylation is 2. The molecule has 3 rings (SSSR count). The molecule has 0 radical (unpaired) electrons. The summed E-state index contributed by atoms with van der Waals surface area (Å²) in [6.45, 7) is 7.71. The van der Waals surface area contributed by atoms with Crippen molar-refractivity contribution in [1.29, 1.82) is 0 Å². The van der Waals surface area contributed by atoms with Crippen molar-refractivity contribution >= 4 is 39.1 Å². The lowest BCUT2D eigenvalue weighted by Gasteiger charge is -2.33. The minimum atomic E-state index is -4.17. The maximum atomic E-state index is 14.1. The molecule has 39 heavy (non-hydrogen) atoms. The largest absolute Gasteiger partial charge is 0.354 e. The van der Waals surface area contributed by atoms with Crippen LogP contribution in [0.25, 0.3) is 0 Å². The molecule has 0 heterocycles. The van der Waals surface area contributed by atoms with Gasteiger partial charge in [-0.1, -0.05) is 79.5 Å². The summed E-state index contributed by atoms with van der Waals surface area (Å²) in [6.07, 6.45) is 1.12. The van der Waals surface area contributed by atoms with E-state index in [2.05, 4.69) is 5.32 Å². The van der Waals surface area contributed by atoms with Gasteiger partial charge in [-0.25, -0.2) is 8.42 Å². The Balaban J connectivity index is 2.07. The summed E-state index contributed by atoms with van der Waals surface area (Å²) in [7, 11) is -4.17. The average Bonchev–Trinajstić information content (AvgIpc) is 2.92. The summed E-state index contributed by atoms with van der Waals surface area (Å²) in [5.41, 5.74) is 2.93. The molecule has 208 valence electrons. The first-order valence-electron chi connectivity index (χ1n) is 13.1. The molecule has 9 heteroatoms. The van der Waals surface area contributed by atoms with Gasteiger partial charge in [0.05, 0.1) is 15.6 Å². The van der Waals surface area contributed by atoms with Crippen molar-refractivity contribution in [3.05, 3.63) is 94.5 Å². The van der Waals surface area contributed by atoms with Crippen molar-refractivity contribution in [3.8, 4) is 0 Å². The Labute approximate surface area is 236 Å². The topological polar surface area (TPSA) is 86.8 Å². The second-order valence-corrected chi connectivity index (χ2v) is 11.7. The highest BCUT2D eigenvalue weighted by atomic mass is 35.5. The highest BCUT2D eigenvalue weighted by Gasteiger charge is 2.34. The third kappa shape index (κ3) is 7.40. The highest BCUT2D eigenvalue weighted by molar-refractivity contribution is 7.92. The molecule has 0 aliphatic heterocycles. The van der Waals surface area contributed by atoms with E-state index < -0.39 is 28.5 Å². The van der Waals surface area contributed by atoms with Gasteiger partial charge in [0.25, 0.3) is 10.0 Å². The van der Waals surface area contributed by atoms with Crippen LogP contribution in [-0.2, 0) is 26.2 Å². The number of nitrogens with zero attached hydrogens (tertiary/aromatic N) is 2. The minimum Gasteiger partial charge on any atom is -0.354 e. The summed E-state index contributed by atoms with van der Waals surface area (Å²) in [5.74, 6) is -0.778. The molecule has 0 saturated heterocycles. The number of carbonyl (C=O) groups excluding carboxylic acids is 2. The minimum absolute atomic E-state index is 0.0407. The Bertz CT molecular complexity index is 1390. The number of hydrogen-bond donors (Lipinski definition) is 1. The van der Waals surface area contributed by atoms with E-state index in [-0.39, 0.29) is 28.1 Å². The molecular formula is C30H36ClN3O4S. The first-order valence-corrected chi connectivity index (χ1v) is 14.9. The van der Waals surface area contributed by atoms with Gasteiger partial charge in [0.15, 0.2) is 0 Å². The number of benzene rings is 3. The lowest BCUT2D eigenvalue weighted by atomic mass is 10.1. The van der Waals surface area contributed by atoms with Crippen molar-refractivity contribution in [1.82, 2.24) is 10.2 Å². The maximum absolute atomic E-state index is 14.1. The third-order valence-corrected chi connectivity index (χ3v) is 8.64. The monoisotopic (exact) mass is 569 g/mol. The van der Waals surface area contributed by atoms with Crippen molar-refractivity contribution in [2.24, 2.45) is 0 Å². The molecule has 0 unspecified atom stereocenters. The fourth-order valence-corrected chi connectivity index (χ4v) is 5.98. The summed E-state index contributed by atoms with van der Waals surface area (Å²) in [4.78, 5) is 28.7. The van der Waals surface area contributed by atoms with Crippen LogP contribution in [0.15, 0.2) is 77.7 Å². The Morgan fingerprint density at radius 3 is 2.18 bits per heavy atom. The number of hydrogen-bond acceptors (Lipinski definition) is 4. The molecule has 7 nitrogen and oxygen atoms in total. The van der Waals surface area contributed by atoms with E-state index >= 15 is 0 Å². The number of amides is 2. The highest BCUT2D eigenvalue weighted by Crippen LogP contribution is 2.31. The van der Waals surface area contributed by atoms with Gasteiger partial charge in [-0.05, 0) is 62.1 Å². The molecule has 3 aromatic rings. The van der Waals surface area contributed by atoms with Crippen molar-refractivity contribution in [3.63, 3.8) is 0 Å². The molecule has 1 atom stereocenters. The molecule has 0 aliphatic rings. The van der Waals surface area contributed by atoms with Crippen molar-refractivity contribution in [2.45, 2.75) is 58.0 Å². The molecule has 0 saturated carbocycles. The Morgan fingerprint density at radius 2 is 1.56 bits per heavy atom. The van der Waals surface area contributed by atoms with E-state index in [1.165, 1.54) is 17.0 Å². The summed E-state index contributed by atoms with van der Waals surface area (Å²) in [6, 6.07) is 19.8. The first kappa shape index (κ1) is 30.2. The quantitative estimate of drug-likeness (QED) is 0.313. The van der Waals surface area contributed by atoms with Gasteiger partial charge in [-0.2, -0.15) is 0 Å². The normalized spacial score (nSPS) is 12.0. The molecule has 1 N–H and O–H groups in total. The molecule has 0 bridgehead atoms. The lowest BCUT2D eigenvalue weighted by molar-refractivity contribution is -0.140. The fraction of sp³-hybridized carbons (Fsp3) is 0.333. The Hall–Kier alpha value is -3.36. The molecular weight excluding hydrogens is 534 g/mol. The molecule has 2 amide bonds. The van der Waals surface area contributed by atoms with E-state index in [4.69, 9.17) is 11.6 Å². The van der Waals surface area contributed by atoms with Gasteiger partial charge in [0, 0.05) is 13.1 Å². The van der Waals surface area contributed by atoms with Crippen LogP contribution in [0.4, 0.5) is 5.69 Å². The van der Waals surface area contributed by atoms with Gasteiger partial charge < -0.3 is 10.2 Å². The van der Waals surface area contributed by atoms with Crippen LogP contribution in [0.5, 0.6) is 0 Å². The van der Waals surface area contributed by atoms with Crippen molar-refractivity contribution < 1.29 is 18.0 Å². The second kappa shape index (κ2) is 13.6. The Kier molecular flexibility index (Phi) is 10.5. The number of nitrogens with one attached hydrogen (secondary N) is 1. The predicted molar refractivity (Wildman–Crippen MR) is 156 cm³/mol. The summed E-state index contributed by atoms with van der Waals surface area (Å²) < 4.78 is 28.8. The first-order chi connectivity index (χ1) is 18.6. The van der Waals surface area contributed by atoms with Crippen LogP contribution in [0, 0.1) is 13.8 Å². The number of anilines is 1. The maximum Gasteiger partial charge on any atom is 0.264 e. The van der Waals surface area contributed by atoms with Gasteiger partial charge in [0.2, 0.25) is 11.8 Å². The third-order valence-electron chi connectivity index (χ3n) is 6.55. The summed E-state index contributed by atoms with van der Waals surface area (Å²) >= 11 is 6.45. The molecule has 0 fully saturated rings. The zero-order valence-corrected chi connectivity index (χ0v) is 24.4. The van der Waals surface area contributed by atoms with E-state index in [1.807, 2.05) is 52.0 Å². The number of rotatable bonds is 12. The van der Waals surface area contributed by atoms with E-state index in [9.17, 15) is 18.0 Å². The molecule has 0 aromatic heterocycles. The standard InChI is InChI=1S/C30H36ClN3O4S/c1-5-19-32-30(36)27(6-2)33(20-24-12-8-7-11-23(24)4)29(35)21-34(28-14-10-9-13-26(28)31)39(37,38)25-17-15-22(3)16-18-25/h7-18,27H,5-6,19-21H2,1-4H3,(H,32,36)/t27-/m0/s1. The van der Waals surface area contributed by atoms with E-state index in [1.54, 1.807) is 36.4 Å². The van der Waals surface area contributed by atoms with Gasteiger partial charge >= 0.3 is 0 Å². The smallest absolute Gasteiger partial charge is 0.264 e. The SMILES string of the molecule is CCCNC(=O)[C@H](CC)N(Cc1ccccc1C)C(=O)CN(c1ccccc1Cl)S(=O)(=O)c1ccc(C)cc1. The number of carbonyl (C=O) groups is 2. The van der Waals surface area contributed by atoms with Gasteiger partial charge in [-0.15, -0.1) is 0 Å². The second-order valence-electron chi connectivity index (χ2n) is 9.44.